The molecule has 1 heterocycles. The van der Waals surface area contributed by atoms with Gasteiger partial charge in [0.1, 0.15) is 17.3 Å². The Balaban J connectivity index is 2.01. The number of benzene rings is 1. The summed E-state index contributed by atoms with van der Waals surface area (Å²) in [5.74, 6) is -1.69. The van der Waals surface area contributed by atoms with Gasteiger partial charge in [-0.3, -0.25) is 4.79 Å². The Labute approximate surface area is 106 Å². The van der Waals surface area contributed by atoms with E-state index in [1.54, 1.807) is 12.3 Å². The fraction of sp³-hybridized carbons (Fsp3) is 0.167. The molecule has 1 N–H and O–H groups in total. The van der Waals surface area contributed by atoms with Crippen LogP contribution in [0.25, 0.3) is 0 Å². The SMILES string of the molecule is Cc1nc(C(=O)NCc2ccc(F)cc2F)cs1. The lowest BCUT2D eigenvalue weighted by atomic mass is 10.2. The number of thiazole rings is 1. The van der Waals surface area contributed by atoms with Crippen molar-refractivity contribution in [1.82, 2.24) is 10.3 Å². The van der Waals surface area contributed by atoms with Crippen LogP contribution in [-0.4, -0.2) is 10.9 Å². The second kappa shape index (κ2) is 5.22. The standard InChI is InChI=1S/C12H10F2N2OS/c1-7-16-11(6-18-7)12(17)15-5-8-2-3-9(13)4-10(8)14/h2-4,6H,5H2,1H3,(H,15,17). The number of nitrogens with zero attached hydrogens (tertiary/aromatic N) is 1. The molecule has 0 saturated carbocycles. The molecule has 0 aliphatic rings. The first-order chi connectivity index (χ1) is 8.56. The molecule has 18 heavy (non-hydrogen) atoms. The second-order valence-corrected chi connectivity index (χ2v) is 4.73. The van der Waals surface area contributed by atoms with Crippen LogP contribution in [0.3, 0.4) is 0 Å². The van der Waals surface area contributed by atoms with E-state index in [-0.39, 0.29) is 18.0 Å². The summed E-state index contributed by atoms with van der Waals surface area (Å²) in [7, 11) is 0. The third-order valence-corrected chi connectivity index (χ3v) is 3.08. The fourth-order valence-electron chi connectivity index (χ4n) is 1.40. The minimum atomic E-state index is -0.676. The molecule has 0 radical (unpaired) electrons. The molecule has 1 amide bonds. The summed E-state index contributed by atoms with van der Waals surface area (Å²) in [4.78, 5) is 15.7. The molecule has 6 heteroatoms. The van der Waals surface area contributed by atoms with Crippen LogP contribution in [0, 0.1) is 18.6 Å². The molecular formula is C12H10F2N2OS. The van der Waals surface area contributed by atoms with Gasteiger partial charge in [0, 0.05) is 23.6 Å². The first-order valence-electron chi connectivity index (χ1n) is 5.20. The third-order valence-electron chi connectivity index (χ3n) is 2.31. The van der Waals surface area contributed by atoms with Crippen LogP contribution in [0.5, 0.6) is 0 Å². The normalized spacial score (nSPS) is 10.4. The molecule has 0 fully saturated rings. The largest absolute Gasteiger partial charge is 0.346 e. The summed E-state index contributed by atoms with van der Waals surface area (Å²) in [6.45, 7) is 1.79. The molecule has 3 nitrogen and oxygen atoms in total. The van der Waals surface area contributed by atoms with Crippen molar-refractivity contribution >= 4 is 17.2 Å². The predicted molar refractivity (Wildman–Crippen MR) is 64.4 cm³/mol. The number of aryl methyl sites for hydroxylation is 1. The minimum absolute atomic E-state index is 0.00151. The van der Waals surface area contributed by atoms with E-state index >= 15 is 0 Å². The Hall–Kier alpha value is -1.82. The summed E-state index contributed by atoms with van der Waals surface area (Å²) in [6.07, 6.45) is 0. The Morgan fingerprint density at radius 3 is 2.83 bits per heavy atom. The zero-order valence-corrected chi connectivity index (χ0v) is 10.4. The maximum atomic E-state index is 13.3. The Bertz CT molecular complexity index is 583. The van der Waals surface area contributed by atoms with Gasteiger partial charge in [-0.2, -0.15) is 0 Å². The van der Waals surface area contributed by atoms with E-state index < -0.39 is 11.6 Å². The highest BCUT2D eigenvalue weighted by Gasteiger charge is 2.10. The zero-order chi connectivity index (χ0) is 13.1. The van der Waals surface area contributed by atoms with Crippen LogP contribution in [0.15, 0.2) is 23.6 Å². The van der Waals surface area contributed by atoms with E-state index in [0.29, 0.717) is 5.69 Å². The quantitative estimate of drug-likeness (QED) is 0.929. The van der Waals surface area contributed by atoms with E-state index in [0.717, 1.165) is 17.1 Å². The smallest absolute Gasteiger partial charge is 0.271 e. The number of rotatable bonds is 3. The Morgan fingerprint density at radius 1 is 1.44 bits per heavy atom. The topological polar surface area (TPSA) is 42.0 Å². The van der Waals surface area contributed by atoms with Gasteiger partial charge in [0.25, 0.3) is 5.91 Å². The molecule has 0 unspecified atom stereocenters. The summed E-state index contributed by atoms with van der Waals surface area (Å²) in [6, 6.07) is 3.24. The molecule has 2 aromatic rings. The zero-order valence-electron chi connectivity index (χ0n) is 9.54. The highest BCUT2D eigenvalue weighted by molar-refractivity contribution is 7.09. The predicted octanol–water partition coefficient (Wildman–Crippen LogP) is 2.66. The van der Waals surface area contributed by atoms with Gasteiger partial charge in [0.15, 0.2) is 0 Å². The molecule has 94 valence electrons. The molecule has 0 saturated heterocycles. The maximum Gasteiger partial charge on any atom is 0.271 e. The van der Waals surface area contributed by atoms with Gasteiger partial charge < -0.3 is 5.32 Å². The third kappa shape index (κ3) is 2.89. The molecule has 1 aromatic heterocycles. The van der Waals surface area contributed by atoms with Crippen LogP contribution in [0.1, 0.15) is 21.1 Å². The maximum absolute atomic E-state index is 13.3. The number of hydrogen-bond donors (Lipinski definition) is 1. The summed E-state index contributed by atoms with van der Waals surface area (Å²) >= 11 is 1.36. The summed E-state index contributed by atoms with van der Waals surface area (Å²) in [5, 5.41) is 4.95. The van der Waals surface area contributed by atoms with Gasteiger partial charge in [-0.25, -0.2) is 13.8 Å². The number of aromatic nitrogens is 1. The molecule has 0 aliphatic carbocycles. The van der Waals surface area contributed by atoms with Crippen molar-refractivity contribution in [2.45, 2.75) is 13.5 Å². The van der Waals surface area contributed by atoms with Gasteiger partial charge in [-0.1, -0.05) is 6.07 Å². The first-order valence-corrected chi connectivity index (χ1v) is 6.08. The van der Waals surface area contributed by atoms with Crippen molar-refractivity contribution < 1.29 is 13.6 Å². The lowest BCUT2D eigenvalue weighted by Crippen LogP contribution is -2.23. The van der Waals surface area contributed by atoms with Crippen molar-refractivity contribution in [3.05, 3.63) is 51.5 Å². The van der Waals surface area contributed by atoms with Crippen molar-refractivity contribution in [1.29, 1.82) is 0 Å². The molecular weight excluding hydrogens is 258 g/mol. The summed E-state index contributed by atoms with van der Waals surface area (Å²) in [5.41, 5.74) is 0.539. The van der Waals surface area contributed by atoms with Gasteiger partial charge >= 0.3 is 0 Å². The van der Waals surface area contributed by atoms with Crippen molar-refractivity contribution in [2.24, 2.45) is 0 Å². The van der Waals surface area contributed by atoms with Gasteiger partial charge in [-0.15, -0.1) is 11.3 Å². The monoisotopic (exact) mass is 268 g/mol. The van der Waals surface area contributed by atoms with Gasteiger partial charge in [0.2, 0.25) is 0 Å². The molecule has 0 atom stereocenters. The molecule has 0 bridgehead atoms. The molecule has 0 aliphatic heterocycles. The molecule has 0 spiro atoms. The number of halogens is 2. The highest BCUT2D eigenvalue weighted by Crippen LogP contribution is 2.10. The molecule has 1 aromatic carbocycles. The number of carbonyl (C=O) groups excluding carboxylic acids is 1. The van der Waals surface area contributed by atoms with Gasteiger partial charge in [-0.05, 0) is 13.0 Å². The average Bonchev–Trinajstić information content (AvgIpc) is 2.74. The number of hydrogen-bond acceptors (Lipinski definition) is 3. The highest BCUT2D eigenvalue weighted by atomic mass is 32.1. The number of carbonyl (C=O) groups is 1. The summed E-state index contributed by atoms with van der Waals surface area (Å²) < 4.78 is 26.0. The van der Waals surface area contributed by atoms with E-state index in [1.165, 1.54) is 17.4 Å². The average molecular weight is 268 g/mol. The molecule has 2 rings (SSSR count). The Kier molecular flexibility index (Phi) is 3.66. The van der Waals surface area contributed by atoms with E-state index in [9.17, 15) is 13.6 Å². The van der Waals surface area contributed by atoms with E-state index in [4.69, 9.17) is 0 Å². The van der Waals surface area contributed by atoms with Crippen LogP contribution in [-0.2, 0) is 6.54 Å². The van der Waals surface area contributed by atoms with Crippen molar-refractivity contribution in [2.75, 3.05) is 0 Å². The lowest BCUT2D eigenvalue weighted by Gasteiger charge is -2.04. The van der Waals surface area contributed by atoms with Gasteiger partial charge in [0.05, 0.1) is 5.01 Å². The van der Waals surface area contributed by atoms with Crippen LogP contribution < -0.4 is 5.32 Å². The fourth-order valence-corrected chi connectivity index (χ4v) is 1.99. The lowest BCUT2D eigenvalue weighted by molar-refractivity contribution is 0.0946. The van der Waals surface area contributed by atoms with E-state index in [1.807, 2.05) is 0 Å². The second-order valence-electron chi connectivity index (χ2n) is 3.67. The Morgan fingerprint density at radius 2 is 2.22 bits per heavy atom. The van der Waals surface area contributed by atoms with Crippen LogP contribution >= 0.6 is 11.3 Å². The van der Waals surface area contributed by atoms with Crippen LogP contribution in [0.4, 0.5) is 8.78 Å². The first kappa shape index (κ1) is 12.6. The number of amides is 1. The van der Waals surface area contributed by atoms with Crippen molar-refractivity contribution in [3.8, 4) is 0 Å². The van der Waals surface area contributed by atoms with Crippen LogP contribution in [0.2, 0.25) is 0 Å². The number of nitrogens with one attached hydrogen (secondary N) is 1. The van der Waals surface area contributed by atoms with E-state index in [2.05, 4.69) is 10.3 Å². The minimum Gasteiger partial charge on any atom is -0.346 e. The van der Waals surface area contributed by atoms with Crippen molar-refractivity contribution in [3.63, 3.8) is 0 Å².